The number of thiophene rings is 1. The predicted molar refractivity (Wildman–Crippen MR) is 76.3 cm³/mol. The van der Waals surface area contributed by atoms with Crippen LogP contribution in [-0.4, -0.2) is 19.6 Å². The lowest BCUT2D eigenvalue weighted by atomic mass is 10.3. The first kappa shape index (κ1) is 18.0. The van der Waals surface area contributed by atoms with E-state index in [0.29, 0.717) is 0 Å². The van der Waals surface area contributed by atoms with Crippen LogP contribution in [0.5, 0.6) is 5.75 Å². The van der Waals surface area contributed by atoms with E-state index in [2.05, 4.69) is 4.52 Å². The minimum absolute atomic E-state index is 0.114. The molecule has 6 nitrogen and oxygen atoms in total. The Hall–Kier alpha value is -1.39. The smallest absolute Gasteiger partial charge is 0.391 e. The molecule has 0 bridgehead atoms. The molecule has 1 unspecified atom stereocenters. The van der Waals surface area contributed by atoms with Gasteiger partial charge in [-0.25, -0.2) is 26.2 Å². The molecular formula is C11H9F3NO5PS2. The van der Waals surface area contributed by atoms with Gasteiger partial charge in [-0.3, -0.25) is 0 Å². The van der Waals surface area contributed by atoms with Crippen LogP contribution in [0.1, 0.15) is 0 Å². The van der Waals surface area contributed by atoms with Crippen LogP contribution in [0.2, 0.25) is 0 Å². The quantitative estimate of drug-likeness (QED) is 0.744. The summed E-state index contributed by atoms with van der Waals surface area (Å²) < 4.78 is 80.8. The van der Waals surface area contributed by atoms with E-state index in [1.807, 2.05) is 0 Å². The number of benzene rings is 1. The first-order chi connectivity index (χ1) is 10.6. The Morgan fingerprint density at radius 3 is 2.39 bits per heavy atom. The summed E-state index contributed by atoms with van der Waals surface area (Å²) in [6.45, 7) is 0. The highest BCUT2D eigenvalue weighted by molar-refractivity contribution is 7.91. The molecule has 0 fully saturated rings. The maximum Gasteiger partial charge on any atom is 0.391 e. The molecule has 0 aliphatic rings. The molecule has 2 aromatic rings. The number of rotatable bonds is 6. The van der Waals surface area contributed by atoms with Crippen LogP contribution in [-0.2, 0) is 14.6 Å². The SMILES string of the molecule is O=P(O)(CNS(=O)(=O)c1cccs1)Oc1c(F)cc(F)cc1F. The zero-order valence-corrected chi connectivity index (χ0v) is 13.6. The molecule has 126 valence electrons. The molecule has 1 aromatic heterocycles. The van der Waals surface area contributed by atoms with E-state index in [-0.39, 0.29) is 16.3 Å². The van der Waals surface area contributed by atoms with Gasteiger partial charge in [0, 0.05) is 12.1 Å². The number of hydrogen-bond acceptors (Lipinski definition) is 5. The molecule has 1 atom stereocenters. The van der Waals surface area contributed by atoms with Crippen molar-refractivity contribution in [1.29, 1.82) is 0 Å². The van der Waals surface area contributed by atoms with Gasteiger partial charge in [-0.1, -0.05) is 6.07 Å². The molecule has 2 rings (SSSR count). The van der Waals surface area contributed by atoms with Crippen molar-refractivity contribution in [1.82, 2.24) is 4.72 Å². The molecule has 2 N–H and O–H groups in total. The van der Waals surface area contributed by atoms with Gasteiger partial charge in [0.2, 0.25) is 5.75 Å². The van der Waals surface area contributed by atoms with Crippen molar-refractivity contribution in [3.05, 3.63) is 47.1 Å². The Morgan fingerprint density at radius 1 is 1.26 bits per heavy atom. The van der Waals surface area contributed by atoms with E-state index < -0.39 is 47.1 Å². The highest BCUT2D eigenvalue weighted by atomic mass is 32.2. The van der Waals surface area contributed by atoms with Crippen molar-refractivity contribution >= 4 is 29.0 Å². The van der Waals surface area contributed by atoms with Gasteiger partial charge in [0.25, 0.3) is 10.0 Å². The summed E-state index contributed by atoms with van der Waals surface area (Å²) in [5.74, 6) is -5.57. The fourth-order valence-electron chi connectivity index (χ4n) is 1.45. The summed E-state index contributed by atoms with van der Waals surface area (Å²) >= 11 is 0.867. The second-order valence-electron chi connectivity index (χ2n) is 4.17. The first-order valence-corrected chi connectivity index (χ1v) is 9.92. The second-order valence-corrected chi connectivity index (χ2v) is 8.88. The summed E-state index contributed by atoms with van der Waals surface area (Å²) in [4.78, 5) is 9.53. The van der Waals surface area contributed by atoms with E-state index in [0.717, 1.165) is 11.3 Å². The van der Waals surface area contributed by atoms with Gasteiger partial charge in [0.15, 0.2) is 11.6 Å². The molecule has 0 radical (unpaired) electrons. The summed E-state index contributed by atoms with van der Waals surface area (Å²) in [7, 11) is -8.83. The monoisotopic (exact) mass is 387 g/mol. The maximum absolute atomic E-state index is 13.4. The van der Waals surface area contributed by atoms with E-state index in [1.54, 1.807) is 4.72 Å². The molecule has 0 saturated heterocycles. The number of sulfonamides is 1. The minimum atomic E-state index is -4.77. The average molecular weight is 387 g/mol. The Kier molecular flexibility index (Phi) is 5.17. The van der Waals surface area contributed by atoms with Gasteiger partial charge in [-0.15, -0.1) is 11.3 Å². The van der Waals surface area contributed by atoms with Crippen molar-refractivity contribution < 1.29 is 35.6 Å². The van der Waals surface area contributed by atoms with Crippen molar-refractivity contribution in [3.63, 3.8) is 0 Å². The summed E-state index contributed by atoms with van der Waals surface area (Å²) in [6.07, 6.45) is -1.12. The van der Waals surface area contributed by atoms with Gasteiger partial charge in [-0.05, 0) is 11.4 Å². The number of hydrogen-bond donors (Lipinski definition) is 2. The van der Waals surface area contributed by atoms with E-state index in [1.165, 1.54) is 17.5 Å². The van der Waals surface area contributed by atoms with E-state index in [4.69, 9.17) is 0 Å². The van der Waals surface area contributed by atoms with Crippen molar-refractivity contribution in [3.8, 4) is 5.75 Å². The highest BCUT2D eigenvalue weighted by Crippen LogP contribution is 2.43. The zero-order chi connectivity index (χ0) is 17.3. The normalized spacial score (nSPS) is 14.4. The molecule has 1 heterocycles. The lowest BCUT2D eigenvalue weighted by molar-refractivity contribution is 0.354. The number of halogens is 3. The Balaban J connectivity index is 2.13. The van der Waals surface area contributed by atoms with Crippen LogP contribution < -0.4 is 9.25 Å². The summed E-state index contributed by atoms with van der Waals surface area (Å²) in [6, 6.07) is 3.23. The third kappa shape index (κ3) is 4.55. The van der Waals surface area contributed by atoms with Crippen LogP contribution in [0.4, 0.5) is 13.2 Å². The van der Waals surface area contributed by atoms with Crippen molar-refractivity contribution in [2.75, 3.05) is 6.29 Å². The van der Waals surface area contributed by atoms with E-state index in [9.17, 15) is 31.0 Å². The molecule has 0 aliphatic carbocycles. The molecule has 0 saturated carbocycles. The van der Waals surface area contributed by atoms with Gasteiger partial charge < -0.3 is 9.42 Å². The summed E-state index contributed by atoms with van der Waals surface area (Å²) in [5, 5.41) is 1.48. The number of nitrogens with one attached hydrogen (secondary N) is 1. The van der Waals surface area contributed by atoms with Gasteiger partial charge in [-0.2, -0.15) is 4.72 Å². The zero-order valence-electron chi connectivity index (χ0n) is 11.1. The Labute approximate surface area is 133 Å². The third-order valence-electron chi connectivity index (χ3n) is 2.41. The van der Waals surface area contributed by atoms with Gasteiger partial charge in [0.1, 0.15) is 16.3 Å². The first-order valence-electron chi connectivity index (χ1n) is 5.80. The third-order valence-corrected chi connectivity index (χ3v) is 6.45. The van der Waals surface area contributed by atoms with Crippen LogP contribution in [0.3, 0.4) is 0 Å². The van der Waals surface area contributed by atoms with Gasteiger partial charge in [0.05, 0.1) is 0 Å². The molecule has 12 heteroatoms. The van der Waals surface area contributed by atoms with Crippen LogP contribution in [0, 0.1) is 17.5 Å². The fourth-order valence-corrected chi connectivity index (χ4v) is 5.00. The van der Waals surface area contributed by atoms with Crippen molar-refractivity contribution in [2.24, 2.45) is 0 Å². The molecule has 0 amide bonds. The Bertz CT molecular complexity index is 834. The van der Waals surface area contributed by atoms with E-state index >= 15 is 0 Å². The minimum Gasteiger partial charge on any atom is -0.417 e. The van der Waals surface area contributed by atoms with Crippen LogP contribution in [0.25, 0.3) is 0 Å². The lowest BCUT2D eigenvalue weighted by Gasteiger charge is -2.15. The molecule has 23 heavy (non-hydrogen) atoms. The largest absolute Gasteiger partial charge is 0.417 e. The molecule has 0 aliphatic heterocycles. The topological polar surface area (TPSA) is 92.7 Å². The van der Waals surface area contributed by atoms with Crippen molar-refractivity contribution in [2.45, 2.75) is 4.21 Å². The van der Waals surface area contributed by atoms with Crippen LogP contribution in [0.15, 0.2) is 33.9 Å². The predicted octanol–water partition coefficient (Wildman–Crippen LogP) is 2.67. The molecule has 1 aromatic carbocycles. The standard InChI is InChI=1S/C11H9F3NO5PS2/c12-7-4-8(13)11(9(14)5-7)20-21(16,17)6-15-23(18,19)10-2-1-3-22-10/h1-5,15H,6H2,(H,16,17). The fraction of sp³-hybridized carbons (Fsp3) is 0.0909. The highest BCUT2D eigenvalue weighted by Gasteiger charge is 2.28. The average Bonchev–Trinajstić information content (AvgIpc) is 2.96. The van der Waals surface area contributed by atoms with Crippen LogP contribution >= 0.6 is 18.9 Å². The van der Waals surface area contributed by atoms with Gasteiger partial charge >= 0.3 is 7.60 Å². The maximum atomic E-state index is 13.4. The summed E-state index contributed by atoms with van der Waals surface area (Å²) in [5.41, 5.74) is 0. The second kappa shape index (κ2) is 6.62. The lowest BCUT2D eigenvalue weighted by Crippen LogP contribution is -2.25. The molecule has 0 spiro atoms. The Morgan fingerprint density at radius 2 is 1.87 bits per heavy atom. The molecular weight excluding hydrogens is 378 g/mol.